The summed E-state index contributed by atoms with van der Waals surface area (Å²) in [6.45, 7) is 5.99. The van der Waals surface area contributed by atoms with Crippen molar-refractivity contribution in [2.24, 2.45) is 5.41 Å². The van der Waals surface area contributed by atoms with Gasteiger partial charge in [-0.15, -0.1) is 0 Å². The minimum Gasteiger partial charge on any atom is -0.465 e. The zero-order valence-corrected chi connectivity index (χ0v) is 18.7. The zero-order valence-electron chi connectivity index (χ0n) is 17.2. The van der Waals surface area contributed by atoms with Crippen molar-refractivity contribution in [3.8, 4) is 5.75 Å². The van der Waals surface area contributed by atoms with E-state index in [1.807, 2.05) is 18.2 Å². The number of unbranched alkanes of at least 4 members (excludes halogenated alkanes) is 3. The van der Waals surface area contributed by atoms with Crippen LogP contribution in [-0.4, -0.2) is 18.5 Å². The molecule has 0 aliphatic heterocycles. The van der Waals surface area contributed by atoms with Gasteiger partial charge in [-0.25, -0.2) is 0 Å². The van der Waals surface area contributed by atoms with Gasteiger partial charge in [0.2, 0.25) is 0 Å². The predicted octanol–water partition coefficient (Wildman–Crippen LogP) is 6.98. The molecule has 0 aromatic heterocycles. The van der Waals surface area contributed by atoms with Crippen molar-refractivity contribution in [2.75, 3.05) is 6.61 Å². The monoisotopic (exact) mass is 438 g/mol. The van der Waals surface area contributed by atoms with E-state index in [2.05, 4.69) is 6.92 Å². The van der Waals surface area contributed by atoms with Crippen LogP contribution in [0.3, 0.4) is 0 Å². The summed E-state index contributed by atoms with van der Waals surface area (Å²) in [5.41, 5.74) is -1.37. The van der Waals surface area contributed by atoms with Gasteiger partial charge in [-0.05, 0) is 25.3 Å². The van der Waals surface area contributed by atoms with Crippen LogP contribution in [0, 0.1) is 5.41 Å². The van der Waals surface area contributed by atoms with Crippen molar-refractivity contribution in [3.63, 3.8) is 0 Å². The number of esters is 2. The summed E-state index contributed by atoms with van der Waals surface area (Å²) in [7, 11) is 0. The molecule has 0 bridgehead atoms. The Labute approximate surface area is 182 Å². The van der Waals surface area contributed by atoms with Crippen LogP contribution in [0.2, 0.25) is 10.0 Å². The van der Waals surface area contributed by atoms with Crippen LogP contribution in [0.4, 0.5) is 0 Å². The lowest BCUT2D eigenvalue weighted by molar-refractivity contribution is -0.168. The quantitative estimate of drug-likeness (QED) is 0.173. The Morgan fingerprint density at radius 3 is 2.17 bits per heavy atom. The first kappa shape index (κ1) is 23.5. The van der Waals surface area contributed by atoms with Gasteiger partial charge >= 0.3 is 11.9 Å². The normalized spacial score (nSPS) is 11.5. The van der Waals surface area contributed by atoms with E-state index in [0.717, 1.165) is 31.1 Å². The standard InChI is InChI=1S/C23H28Cl2O4/c1-4-7-8-11-14-28-21(26)23(5-2,6-3)22(27)29-20-17-13-10-9-12-16(17)18(24)15-19(20)25/h9-10,12-13,15H,4-8,11,14H2,1-3H3. The number of rotatable bonds is 10. The zero-order chi connectivity index (χ0) is 21.4. The van der Waals surface area contributed by atoms with Crippen LogP contribution in [0.15, 0.2) is 30.3 Å². The fourth-order valence-corrected chi connectivity index (χ4v) is 3.89. The number of fused-ring (bicyclic) bond motifs is 1. The molecule has 0 heterocycles. The molecule has 0 spiro atoms. The summed E-state index contributed by atoms with van der Waals surface area (Å²) in [6, 6.07) is 8.79. The molecule has 2 aromatic carbocycles. The molecule has 6 heteroatoms. The molecule has 2 rings (SSSR count). The average molecular weight is 439 g/mol. The Morgan fingerprint density at radius 2 is 1.55 bits per heavy atom. The summed E-state index contributed by atoms with van der Waals surface area (Å²) in [5, 5.41) is 2.02. The Bertz CT molecular complexity index is 859. The number of carbonyl (C=O) groups is 2. The topological polar surface area (TPSA) is 52.6 Å². The number of hydrogen-bond donors (Lipinski definition) is 0. The van der Waals surface area contributed by atoms with E-state index in [1.165, 1.54) is 0 Å². The smallest absolute Gasteiger partial charge is 0.328 e. The lowest BCUT2D eigenvalue weighted by Gasteiger charge is -2.27. The molecule has 0 atom stereocenters. The van der Waals surface area contributed by atoms with Gasteiger partial charge in [-0.1, -0.05) is 87.5 Å². The highest BCUT2D eigenvalue weighted by molar-refractivity contribution is 6.40. The highest BCUT2D eigenvalue weighted by Crippen LogP contribution is 2.40. The molecule has 0 N–H and O–H groups in total. The fraction of sp³-hybridized carbons (Fsp3) is 0.478. The van der Waals surface area contributed by atoms with Crippen LogP contribution >= 0.6 is 23.2 Å². The van der Waals surface area contributed by atoms with Gasteiger partial charge in [-0.3, -0.25) is 9.59 Å². The third-order valence-corrected chi connectivity index (χ3v) is 5.91. The second-order valence-electron chi connectivity index (χ2n) is 7.09. The number of carbonyl (C=O) groups excluding carboxylic acids is 2. The summed E-state index contributed by atoms with van der Waals surface area (Å²) in [5.74, 6) is -0.993. The van der Waals surface area contributed by atoms with Crippen molar-refractivity contribution in [1.82, 2.24) is 0 Å². The molecule has 0 fully saturated rings. The van der Waals surface area contributed by atoms with E-state index in [-0.39, 0.29) is 23.6 Å². The van der Waals surface area contributed by atoms with E-state index < -0.39 is 17.4 Å². The molecular formula is C23H28Cl2O4. The van der Waals surface area contributed by atoms with Crippen LogP contribution < -0.4 is 4.74 Å². The second-order valence-corrected chi connectivity index (χ2v) is 7.90. The van der Waals surface area contributed by atoms with Crippen LogP contribution in [0.5, 0.6) is 5.75 Å². The maximum atomic E-state index is 13.1. The van der Waals surface area contributed by atoms with Crippen LogP contribution in [0.25, 0.3) is 10.8 Å². The Balaban J connectivity index is 2.26. The molecular weight excluding hydrogens is 411 g/mol. The highest BCUT2D eigenvalue weighted by Gasteiger charge is 2.46. The first-order valence-corrected chi connectivity index (χ1v) is 10.9. The Morgan fingerprint density at radius 1 is 0.897 bits per heavy atom. The number of hydrogen-bond acceptors (Lipinski definition) is 4. The molecule has 29 heavy (non-hydrogen) atoms. The van der Waals surface area contributed by atoms with Crippen molar-refractivity contribution >= 4 is 45.9 Å². The summed E-state index contributed by atoms with van der Waals surface area (Å²) >= 11 is 12.6. The third kappa shape index (κ3) is 5.23. The van der Waals surface area contributed by atoms with E-state index in [4.69, 9.17) is 32.7 Å². The molecule has 158 valence electrons. The van der Waals surface area contributed by atoms with E-state index in [9.17, 15) is 9.59 Å². The minimum atomic E-state index is -1.37. The van der Waals surface area contributed by atoms with E-state index in [1.54, 1.807) is 26.0 Å². The Kier molecular flexibility index (Phi) is 8.79. The van der Waals surface area contributed by atoms with Crippen molar-refractivity contribution in [2.45, 2.75) is 59.3 Å². The summed E-state index contributed by atoms with van der Waals surface area (Å²) in [4.78, 5) is 26.0. The molecule has 0 amide bonds. The molecule has 0 saturated heterocycles. The van der Waals surface area contributed by atoms with Crippen LogP contribution in [-0.2, 0) is 14.3 Å². The third-order valence-electron chi connectivity index (χ3n) is 5.31. The highest BCUT2D eigenvalue weighted by atomic mass is 35.5. The van der Waals surface area contributed by atoms with Gasteiger partial charge < -0.3 is 9.47 Å². The van der Waals surface area contributed by atoms with Crippen LogP contribution in [0.1, 0.15) is 59.3 Å². The minimum absolute atomic E-state index is 0.207. The van der Waals surface area contributed by atoms with Gasteiger partial charge in [0, 0.05) is 10.8 Å². The van der Waals surface area contributed by atoms with Crippen molar-refractivity contribution in [1.29, 1.82) is 0 Å². The number of benzene rings is 2. The second kappa shape index (κ2) is 10.8. The van der Waals surface area contributed by atoms with E-state index in [0.29, 0.717) is 17.0 Å². The van der Waals surface area contributed by atoms with Crippen molar-refractivity contribution < 1.29 is 19.1 Å². The Hall–Kier alpha value is -1.78. The molecule has 0 saturated carbocycles. The number of ether oxygens (including phenoxy) is 2. The SMILES string of the molecule is CCCCCCOC(=O)C(CC)(CC)C(=O)Oc1c(Cl)cc(Cl)c2ccccc12. The van der Waals surface area contributed by atoms with Gasteiger partial charge in [0.15, 0.2) is 11.2 Å². The molecule has 0 radical (unpaired) electrons. The first-order chi connectivity index (χ1) is 13.9. The average Bonchev–Trinajstić information content (AvgIpc) is 2.72. The molecule has 0 aliphatic rings. The fourth-order valence-electron chi connectivity index (χ4n) is 3.31. The maximum absolute atomic E-state index is 13.1. The van der Waals surface area contributed by atoms with E-state index >= 15 is 0 Å². The lowest BCUT2D eigenvalue weighted by Crippen LogP contribution is -2.42. The largest absolute Gasteiger partial charge is 0.465 e. The summed E-state index contributed by atoms with van der Waals surface area (Å²) in [6.07, 6.45) is 4.52. The lowest BCUT2D eigenvalue weighted by atomic mass is 9.82. The van der Waals surface area contributed by atoms with Gasteiger partial charge in [0.05, 0.1) is 16.7 Å². The predicted molar refractivity (Wildman–Crippen MR) is 118 cm³/mol. The molecule has 2 aromatic rings. The first-order valence-electron chi connectivity index (χ1n) is 10.2. The molecule has 0 unspecified atom stereocenters. The number of halogens is 2. The molecule has 0 aliphatic carbocycles. The van der Waals surface area contributed by atoms with Gasteiger partial charge in [0.1, 0.15) is 0 Å². The van der Waals surface area contributed by atoms with Crippen molar-refractivity contribution in [3.05, 3.63) is 40.4 Å². The molecule has 4 nitrogen and oxygen atoms in total. The van der Waals surface area contributed by atoms with Gasteiger partial charge in [0.25, 0.3) is 0 Å². The summed E-state index contributed by atoms with van der Waals surface area (Å²) < 4.78 is 11.1. The van der Waals surface area contributed by atoms with Gasteiger partial charge in [-0.2, -0.15) is 0 Å². The maximum Gasteiger partial charge on any atom is 0.328 e.